The number of aromatic amines is 1. The van der Waals surface area contributed by atoms with E-state index < -0.39 is 0 Å². The number of nitrogens with one attached hydrogen (secondary N) is 2. The van der Waals surface area contributed by atoms with Gasteiger partial charge in [0.05, 0.1) is 22.8 Å². The normalized spacial score (nSPS) is 12.4. The van der Waals surface area contributed by atoms with Crippen LogP contribution in [0.3, 0.4) is 0 Å². The second-order valence-corrected chi connectivity index (χ2v) is 6.64. The number of fused-ring (bicyclic) bond motifs is 1. The number of tetrazole rings is 1. The average molecular weight is 361 g/mol. The Morgan fingerprint density at radius 1 is 1.11 bits per heavy atom. The molecule has 0 radical (unpaired) electrons. The number of hydrogen-bond donors (Lipinski definition) is 2. The molecule has 8 heteroatoms. The molecule has 4 rings (SSSR count). The number of carbonyl (C=O) groups excluding carboxylic acids is 1. The molecule has 0 aliphatic rings. The molecule has 0 unspecified atom stereocenters. The van der Waals surface area contributed by atoms with E-state index in [0.29, 0.717) is 5.56 Å². The van der Waals surface area contributed by atoms with Crippen LogP contribution in [0, 0.1) is 5.92 Å². The van der Waals surface area contributed by atoms with E-state index >= 15 is 0 Å². The standard InChI is InChI=1S/C19H19N7O/c1-12(2)17(18-21-15-5-3-4-6-16(15)22-18)23-19(27)13-7-9-14(10-8-13)26-11-20-24-25-26/h3-12,17H,1-2H3,(H,21,22)(H,23,27)/t17-/m0/s1. The molecular weight excluding hydrogens is 342 g/mol. The highest BCUT2D eigenvalue weighted by atomic mass is 16.1. The molecule has 0 fully saturated rings. The van der Waals surface area contributed by atoms with Crippen molar-refractivity contribution in [3.8, 4) is 5.69 Å². The van der Waals surface area contributed by atoms with Crippen LogP contribution in [0.25, 0.3) is 16.7 Å². The third kappa shape index (κ3) is 3.41. The predicted molar refractivity (Wildman–Crippen MR) is 100 cm³/mol. The second-order valence-electron chi connectivity index (χ2n) is 6.64. The van der Waals surface area contributed by atoms with Gasteiger partial charge in [-0.15, -0.1) is 5.10 Å². The van der Waals surface area contributed by atoms with Gasteiger partial charge in [-0.3, -0.25) is 4.79 Å². The number of imidazole rings is 1. The third-order valence-corrected chi connectivity index (χ3v) is 4.40. The number of H-pyrrole nitrogens is 1. The van der Waals surface area contributed by atoms with Gasteiger partial charge >= 0.3 is 0 Å². The monoisotopic (exact) mass is 361 g/mol. The maximum absolute atomic E-state index is 12.7. The molecule has 8 nitrogen and oxygen atoms in total. The number of aromatic nitrogens is 6. The van der Waals surface area contributed by atoms with Crippen LogP contribution in [0.1, 0.15) is 36.1 Å². The Bertz CT molecular complexity index is 1020. The third-order valence-electron chi connectivity index (χ3n) is 4.40. The first-order chi connectivity index (χ1) is 13.1. The molecule has 0 aliphatic carbocycles. The molecule has 1 atom stereocenters. The Kier molecular flexibility index (Phi) is 4.37. The van der Waals surface area contributed by atoms with Gasteiger partial charge in [-0.25, -0.2) is 9.67 Å². The summed E-state index contributed by atoms with van der Waals surface area (Å²) in [6, 6.07) is 14.7. The van der Waals surface area contributed by atoms with Gasteiger partial charge in [0.2, 0.25) is 0 Å². The van der Waals surface area contributed by atoms with Crippen molar-refractivity contribution in [1.82, 2.24) is 35.5 Å². The number of carbonyl (C=O) groups is 1. The molecule has 2 N–H and O–H groups in total. The van der Waals surface area contributed by atoms with Crippen LogP contribution in [0.5, 0.6) is 0 Å². The Hall–Kier alpha value is -3.55. The molecule has 0 spiro atoms. The maximum Gasteiger partial charge on any atom is 0.251 e. The molecule has 2 aromatic heterocycles. The van der Waals surface area contributed by atoms with Crippen molar-refractivity contribution < 1.29 is 4.79 Å². The average Bonchev–Trinajstić information content (AvgIpc) is 3.35. The summed E-state index contributed by atoms with van der Waals surface area (Å²) in [5, 5.41) is 14.1. The van der Waals surface area contributed by atoms with Crippen LogP contribution in [0.15, 0.2) is 54.9 Å². The van der Waals surface area contributed by atoms with Crippen molar-refractivity contribution in [3.05, 3.63) is 66.2 Å². The van der Waals surface area contributed by atoms with Crippen LogP contribution in [0.2, 0.25) is 0 Å². The second kappa shape index (κ2) is 6.99. The molecular formula is C19H19N7O. The minimum Gasteiger partial charge on any atom is -0.342 e. The molecule has 136 valence electrons. The lowest BCUT2D eigenvalue weighted by molar-refractivity contribution is 0.0923. The molecule has 2 heterocycles. The fourth-order valence-electron chi connectivity index (χ4n) is 2.94. The van der Waals surface area contributed by atoms with Gasteiger partial charge in [0, 0.05) is 5.56 Å². The van der Waals surface area contributed by atoms with E-state index in [1.54, 1.807) is 24.3 Å². The first-order valence-corrected chi connectivity index (χ1v) is 8.71. The number of para-hydroxylation sites is 2. The van der Waals surface area contributed by atoms with E-state index in [-0.39, 0.29) is 17.9 Å². The van der Waals surface area contributed by atoms with Gasteiger partial charge < -0.3 is 10.3 Å². The van der Waals surface area contributed by atoms with Gasteiger partial charge in [0.1, 0.15) is 12.2 Å². The van der Waals surface area contributed by atoms with E-state index in [2.05, 4.69) is 44.7 Å². The van der Waals surface area contributed by atoms with Crippen LogP contribution in [-0.4, -0.2) is 36.1 Å². The molecule has 27 heavy (non-hydrogen) atoms. The first kappa shape index (κ1) is 16.9. The SMILES string of the molecule is CC(C)[C@H](NC(=O)c1ccc(-n2cnnn2)cc1)c1nc2ccccc2[nH]1. The number of nitrogens with zero attached hydrogens (tertiary/aromatic N) is 5. The van der Waals surface area contributed by atoms with E-state index in [1.807, 2.05) is 24.3 Å². The van der Waals surface area contributed by atoms with Crippen LogP contribution in [0.4, 0.5) is 0 Å². The van der Waals surface area contributed by atoms with E-state index in [9.17, 15) is 4.79 Å². The van der Waals surface area contributed by atoms with Crippen LogP contribution in [-0.2, 0) is 0 Å². The Labute approximate surface area is 155 Å². The highest BCUT2D eigenvalue weighted by Gasteiger charge is 2.22. The fourth-order valence-corrected chi connectivity index (χ4v) is 2.94. The summed E-state index contributed by atoms with van der Waals surface area (Å²) in [6.07, 6.45) is 1.51. The van der Waals surface area contributed by atoms with Gasteiger partial charge in [-0.1, -0.05) is 26.0 Å². The minimum atomic E-state index is -0.218. The Balaban J connectivity index is 1.55. The van der Waals surface area contributed by atoms with Gasteiger partial charge in [0.15, 0.2) is 0 Å². The fraction of sp³-hybridized carbons (Fsp3) is 0.211. The zero-order chi connectivity index (χ0) is 18.8. The molecule has 2 aromatic carbocycles. The van der Waals surface area contributed by atoms with E-state index in [0.717, 1.165) is 22.5 Å². The Morgan fingerprint density at radius 3 is 2.56 bits per heavy atom. The van der Waals surface area contributed by atoms with Crippen molar-refractivity contribution in [2.24, 2.45) is 5.92 Å². The maximum atomic E-state index is 12.7. The number of hydrogen-bond acceptors (Lipinski definition) is 5. The molecule has 0 saturated heterocycles. The van der Waals surface area contributed by atoms with Crippen LogP contribution < -0.4 is 5.32 Å². The summed E-state index contributed by atoms with van der Waals surface area (Å²) in [4.78, 5) is 20.7. The lowest BCUT2D eigenvalue weighted by Crippen LogP contribution is -2.32. The summed E-state index contributed by atoms with van der Waals surface area (Å²) >= 11 is 0. The smallest absolute Gasteiger partial charge is 0.251 e. The summed E-state index contributed by atoms with van der Waals surface area (Å²) in [7, 11) is 0. The lowest BCUT2D eigenvalue weighted by Gasteiger charge is -2.20. The summed E-state index contributed by atoms with van der Waals surface area (Å²) in [5.41, 5.74) is 3.19. The van der Waals surface area contributed by atoms with Crippen molar-refractivity contribution in [3.63, 3.8) is 0 Å². The topological polar surface area (TPSA) is 101 Å². The Morgan fingerprint density at radius 2 is 1.89 bits per heavy atom. The highest BCUT2D eigenvalue weighted by Crippen LogP contribution is 2.22. The molecule has 0 aliphatic heterocycles. The van der Waals surface area contributed by atoms with Crippen molar-refractivity contribution in [1.29, 1.82) is 0 Å². The highest BCUT2D eigenvalue weighted by molar-refractivity contribution is 5.94. The zero-order valence-corrected chi connectivity index (χ0v) is 15.0. The molecule has 0 bridgehead atoms. The number of benzene rings is 2. The molecule has 0 saturated carbocycles. The number of amides is 1. The van der Waals surface area contributed by atoms with E-state index in [1.165, 1.54) is 11.0 Å². The largest absolute Gasteiger partial charge is 0.342 e. The van der Waals surface area contributed by atoms with Crippen molar-refractivity contribution in [2.75, 3.05) is 0 Å². The first-order valence-electron chi connectivity index (χ1n) is 8.71. The molecule has 1 amide bonds. The van der Waals surface area contributed by atoms with Crippen LogP contribution >= 0.6 is 0 Å². The minimum absolute atomic E-state index is 0.155. The zero-order valence-electron chi connectivity index (χ0n) is 15.0. The van der Waals surface area contributed by atoms with Crippen molar-refractivity contribution >= 4 is 16.9 Å². The predicted octanol–water partition coefficient (Wildman–Crippen LogP) is 2.67. The quantitative estimate of drug-likeness (QED) is 0.569. The van der Waals surface area contributed by atoms with E-state index in [4.69, 9.17) is 0 Å². The summed E-state index contributed by atoms with van der Waals surface area (Å²) < 4.78 is 1.53. The van der Waals surface area contributed by atoms with Gasteiger partial charge in [-0.2, -0.15) is 0 Å². The molecule has 4 aromatic rings. The van der Waals surface area contributed by atoms with Crippen molar-refractivity contribution in [2.45, 2.75) is 19.9 Å². The lowest BCUT2D eigenvalue weighted by atomic mass is 10.0. The van der Waals surface area contributed by atoms with Gasteiger partial charge in [-0.05, 0) is 52.7 Å². The summed E-state index contributed by atoms with van der Waals surface area (Å²) in [6.45, 7) is 4.11. The van der Waals surface area contributed by atoms with Gasteiger partial charge in [0.25, 0.3) is 5.91 Å². The number of rotatable bonds is 5. The summed E-state index contributed by atoms with van der Waals surface area (Å²) in [5.74, 6) is 0.775.